The van der Waals surface area contributed by atoms with E-state index in [0.717, 1.165) is 17.7 Å². The molecule has 22 heavy (non-hydrogen) atoms. The predicted octanol–water partition coefficient (Wildman–Crippen LogP) is 3.59. The highest BCUT2D eigenvalue weighted by atomic mass is 19.4. The summed E-state index contributed by atoms with van der Waals surface area (Å²) in [6.07, 6.45) is -3.53. The molecule has 1 saturated carbocycles. The minimum atomic E-state index is -4.46. The van der Waals surface area contributed by atoms with Gasteiger partial charge in [-0.05, 0) is 36.0 Å². The van der Waals surface area contributed by atoms with Gasteiger partial charge >= 0.3 is 6.18 Å². The van der Waals surface area contributed by atoms with Crippen LogP contribution in [0.3, 0.4) is 0 Å². The second-order valence-electron chi connectivity index (χ2n) is 6.41. The maximum absolute atomic E-state index is 13.5. The van der Waals surface area contributed by atoms with Gasteiger partial charge in [-0.15, -0.1) is 0 Å². The number of aromatic nitrogens is 1. The molecule has 4 rings (SSSR count). The molecule has 0 spiro atoms. The Morgan fingerprint density at radius 1 is 1.32 bits per heavy atom. The predicted molar refractivity (Wildman–Crippen MR) is 76.8 cm³/mol. The molecule has 1 aromatic heterocycles. The Kier molecular flexibility index (Phi) is 2.79. The summed E-state index contributed by atoms with van der Waals surface area (Å²) < 4.78 is 42.1. The lowest BCUT2D eigenvalue weighted by atomic mass is 9.99. The first-order chi connectivity index (χ1) is 10.4. The molecule has 0 radical (unpaired) electrons. The van der Waals surface area contributed by atoms with Crippen LogP contribution in [0.25, 0.3) is 10.8 Å². The van der Waals surface area contributed by atoms with Crippen molar-refractivity contribution in [2.45, 2.75) is 38.5 Å². The number of nitrogens with one attached hydrogen (secondary N) is 1. The molecule has 2 heterocycles. The van der Waals surface area contributed by atoms with E-state index in [-0.39, 0.29) is 17.2 Å². The number of aromatic hydroxyl groups is 1. The lowest BCUT2D eigenvalue weighted by molar-refractivity contribution is -0.136. The molecule has 2 atom stereocenters. The zero-order chi connectivity index (χ0) is 15.6. The fraction of sp³-hybridized carbons (Fsp3) is 0.500. The third-order valence-electron chi connectivity index (χ3n) is 4.92. The minimum absolute atomic E-state index is 0.0525. The van der Waals surface area contributed by atoms with Gasteiger partial charge < -0.3 is 15.0 Å². The second kappa shape index (κ2) is 4.41. The number of hydrogen-bond donors (Lipinski definition) is 2. The summed E-state index contributed by atoms with van der Waals surface area (Å²) in [6.45, 7) is 3.67. The van der Waals surface area contributed by atoms with Crippen LogP contribution in [0, 0.1) is 5.92 Å². The van der Waals surface area contributed by atoms with Gasteiger partial charge in [0.05, 0.1) is 10.9 Å². The quantitative estimate of drug-likeness (QED) is 0.844. The molecule has 1 aliphatic heterocycles. The van der Waals surface area contributed by atoms with Crippen molar-refractivity contribution in [1.82, 2.24) is 9.88 Å². The van der Waals surface area contributed by atoms with Crippen LogP contribution in [-0.4, -0.2) is 16.2 Å². The first-order valence-electron chi connectivity index (χ1n) is 7.54. The molecule has 1 aromatic carbocycles. The Balaban J connectivity index is 2.04. The largest absolute Gasteiger partial charge is 0.494 e. The van der Waals surface area contributed by atoms with Crippen molar-refractivity contribution in [2.24, 2.45) is 5.92 Å². The summed E-state index contributed by atoms with van der Waals surface area (Å²) in [5.41, 5.74) is 0.782. The fourth-order valence-corrected chi connectivity index (χ4v) is 3.59. The van der Waals surface area contributed by atoms with Crippen molar-refractivity contribution in [2.75, 3.05) is 6.54 Å². The van der Waals surface area contributed by atoms with Crippen LogP contribution >= 0.6 is 0 Å². The Morgan fingerprint density at radius 2 is 2.05 bits per heavy atom. The molecule has 1 aliphatic carbocycles. The Bertz CT molecular complexity index is 763. The van der Waals surface area contributed by atoms with E-state index in [9.17, 15) is 18.3 Å². The molecule has 2 N–H and O–H groups in total. The molecule has 0 bridgehead atoms. The zero-order valence-electron chi connectivity index (χ0n) is 12.2. The molecule has 0 amide bonds. The van der Waals surface area contributed by atoms with E-state index >= 15 is 0 Å². The number of benzene rings is 1. The second-order valence-corrected chi connectivity index (χ2v) is 6.41. The normalized spacial score (nSPS) is 24.5. The van der Waals surface area contributed by atoms with E-state index in [0.29, 0.717) is 30.9 Å². The maximum atomic E-state index is 13.5. The standard InChI is InChI=1S/C16H17F3N2O/c1-8-4-10(8)9-5-11-13-7-20-2-3-21(13)15(22)14(11)12(6-9)16(17,18)19/h5-6,8,10,20,22H,2-4,7H2,1H3/t8-,10+/m0/s1. The molecule has 3 nitrogen and oxygen atoms in total. The van der Waals surface area contributed by atoms with E-state index in [4.69, 9.17) is 0 Å². The van der Waals surface area contributed by atoms with Gasteiger partial charge in [-0.25, -0.2) is 0 Å². The lowest BCUT2D eigenvalue weighted by Gasteiger charge is -2.17. The number of hydrogen-bond acceptors (Lipinski definition) is 2. The van der Waals surface area contributed by atoms with Crippen molar-refractivity contribution in [3.8, 4) is 5.88 Å². The van der Waals surface area contributed by atoms with Gasteiger partial charge in [-0.2, -0.15) is 13.2 Å². The van der Waals surface area contributed by atoms with Gasteiger partial charge in [0, 0.05) is 30.7 Å². The number of nitrogens with zero attached hydrogens (tertiary/aromatic N) is 1. The SMILES string of the molecule is C[C@H]1C[C@H]1c1cc(C(F)(F)F)c2c(O)n3c(c2c1)CNCC3. The third kappa shape index (κ3) is 1.93. The van der Waals surface area contributed by atoms with E-state index in [1.54, 1.807) is 4.57 Å². The van der Waals surface area contributed by atoms with Gasteiger partial charge in [0.1, 0.15) is 0 Å². The van der Waals surface area contributed by atoms with Gasteiger partial charge in [0.2, 0.25) is 0 Å². The highest BCUT2D eigenvalue weighted by Crippen LogP contribution is 2.51. The van der Waals surface area contributed by atoms with Crippen molar-refractivity contribution in [3.05, 3.63) is 29.0 Å². The average molecular weight is 310 g/mol. The van der Waals surface area contributed by atoms with E-state index in [2.05, 4.69) is 12.2 Å². The Morgan fingerprint density at radius 3 is 2.68 bits per heavy atom. The third-order valence-corrected chi connectivity index (χ3v) is 4.92. The summed E-state index contributed by atoms with van der Waals surface area (Å²) in [5.74, 6) is 0.387. The molecule has 0 saturated heterocycles. The summed E-state index contributed by atoms with van der Waals surface area (Å²) in [4.78, 5) is 0. The van der Waals surface area contributed by atoms with E-state index < -0.39 is 11.7 Å². The maximum Gasteiger partial charge on any atom is 0.417 e. The van der Waals surface area contributed by atoms with Gasteiger partial charge in [-0.1, -0.05) is 6.92 Å². The number of fused-ring (bicyclic) bond motifs is 3. The van der Waals surface area contributed by atoms with Crippen LogP contribution in [0.15, 0.2) is 12.1 Å². The van der Waals surface area contributed by atoms with Crippen molar-refractivity contribution >= 4 is 10.8 Å². The number of halogens is 3. The average Bonchev–Trinajstić information content (AvgIpc) is 3.14. The minimum Gasteiger partial charge on any atom is -0.494 e. The molecule has 118 valence electrons. The van der Waals surface area contributed by atoms with Gasteiger partial charge in [-0.3, -0.25) is 0 Å². The van der Waals surface area contributed by atoms with Crippen LogP contribution in [0.4, 0.5) is 13.2 Å². The zero-order valence-corrected chi connectivity index (χ0v) is 12.2. The molecule has 6 heteroatoms. The van der Waals surface area contributed by atoms with Crippen molar-refractivity contribution in [1.29, 1.82) is 0 Å². The first-order valence-corrected chi connectivity index (χ1v) is 7.54. The summed E-state index contributed by atoms with van der Waals surface area (Å²) in [5, 5.41) is 14.0. The Labute approximate surface area is 125 Å². The smallest absolute Gasteiger partial charge is 0.417 e. The topological polar surface area (TPSA) is 37.2 Å². The van der Waals surface area contributed by atoms with Crippen molar-refractivity contribution < 1.29 is 18.3 Å². The van der Waals surface area contributed by atoms with Crippen LogP contribution in [-0.2, 0) is 19.3 Å². The van der Waals surface area contributed by atoms with Crippen LogP contribution in [0.1, 0.15) is 36.1 Å². The molecular formula is C16H17F3N2O. The molecule has 2 aliphatic rings. The Hall–Kier alpha value is -1.69. The van der Waals surface area contributed by atoms with Crippen LogP contribution < -0.4 is 5.32 Å². The van der Waals surface area contributed by atoms with E-state index in [1.807, 2.05) is 6.07 Å². The van der Waals surface area contributed by atoms with Gasteiger partial charge in [0.15, 0.2) is 5.88 Å². The molecular weight excluding hydrogens is 293 g/mol. The summed E-state index contributed by atoms with van der Waals surface area (Å²) in [6, 6.07) is 3.08. The van der Waals surface area contributed by atoms with Gasteiger partial charge in [0.25, 0.3) is 0 Å². The fourth-order valence-electron chi connectivity index (χ4n) is 3.59. The monoisotopic (exact) mass is 310 g/mol. The highest BCUT2D eigenvalue weighted by Gasteiger charge is 2.40. The number of alkyl halides is 3. The van der Waals surface area contributed by atoms with E-state index in [1.165, 1.54) is 6.07 Å². The van der Waals surface area contributed by atoms with Crippen molar-refractivity contribution in [3.63, 3.8) is 0 Å². The summed E-state index contributed by atoms with van der Waals surface area (Å²) >= 11 is 0. The molecule has 2 aromatic rings. The summed E-state index contributed by atoms with van der Waals surface area (Å²) in [7, 11) is 0. The lowest BCUT2D eigenvalue weighted by Crippen LogP contribution is -2.27. The number of rotatable bonds is 1. The van der Waals surface area contributed by atoms with Crippen LogP contribution in [0.5, 0.6) is 5.88 Å². The highest BCUT2D eigenvalue weighted by molar-refractivity contribution is 5.95. The first kappa shape index (κ1) is 13.9. The molecule has 1 fully saturated rings. The molecule has 0 unspecified atom stereocenters. The van der Waals surface area contributed by atoms with Crippen LogP contribution in [0.2, 0.25) is 0 Å².